The van der Waals surface area contributed by atoms with Crippen molar-refractivity contribution >= 4 is 21.6 Å². The van der Waals surface area contributed by atoms with E-state index in [2.05, 4.69) is 10.0 Å². The average molecular weight is 441 g/mol. The van der Waals surface area contributed by atoms with Crippen molar-refractivity contribution in [3.05, 3.63) is 94.3 Å². The molecule has 0 aliphatic heterocycles. The van der Waals surface area contributed by atoms with Gasteiger partial charge in [0.15, 0.2) is 0 Å². The fourth-order valence-corrected chi connectivity index (χ4v) is 4.24. The van der Waals surface area contributed by atoms with Crippen molar-refractivity contribution in [2.24, 2.45) is 0 Å². The smallest absolute Gasteiger partial charge is 0.258 e. The molecular weight excluding hydrogens is 415 g/mol. The summed E-state index contributed by atoms with van der Waals surface area (Å²) in [5, 5.41) is 2.73. The van der Waals surface area contributed by atoms with Gasteiger partial charge in [-0.05, 0) is 55.2 Å². The normalized spacial score (nSPS) is 11.4. The Morgan fingerprint density at radius 2 is 1.71 bits per heavy atom. The lowest BCUT2D eigenvalue weighted by molar-refractivity contribution is 0.102. The van der Waals surface area contributed by atoms with Crippen molar-refractivity contribution < 1.29 is 17.6 Å². The van der Waals surface area contributed by atoms with Gasteiger partial charge in [0.1, 0.15) is 5.82 Å². The first-order chi connectivity index (χ1) is 14.7. The van der Waals surface area contributed by atoms with Gasteiger partial charge in [0.05, 0.1) is 10.5 Å². The summed E-state index contributed by atoms with van der Waals surface area (Å²) in [6.07, 6.45) is 0.692. The van der Waals surface area contributed by atoms with Gasteiger partial charge in [0.25, 0.3) is 5.91 Å². The molecule has 31 heavy (non-hydrogen) atoms. The molecule has 0 atom stereocenters. The molecule has 0 spiro atoms. The van der Waals surface area contributed by atoms with Crippen molar-refractivity contribution in [2.75, 3.05) is 5.32 Å². The summed E-state index contributed by atoms with van der Waals surface area (Å²) in [5.74, 6) is -1.49. The third-order valence-electron chi connectivity index (χ3n) is 5.06. The number of anilines is 1. The number of aryl methyl sites for hydroxylation is 3. The summed E-state index contributed by atoms with van der Waals surface area (Å²) >= 11 is 0. The molecule has 2 N–H and O–H groups in total. The first-order valence-electron chi connectivity index (χ1n) is 9.96. The highest BCUT2D eigenvalue weighted by molar-refractivity contribution is 7.89. The van der Waals surface area contributed by atoms with Crippen molar-refractivity contribution in [2.45, 2.75) is 38.6 Å². The van der Waals surface area contributed by atoms with Gasteiger partial charge in [-0.15, -0.1) is 0 Å². The number of para-hydroxylation sites is 1. The molecule has 0 fully saturated rings. The molecule has 7 heteroatoms. The van der Waals surface area contributed by atoms with Gasteiger partial charge in [-0.1, -0.05) is 55.0 Å². The molecule has 1 amide bonds. The number of hydrogen-bond donors (Lipinski definition) is 2. The van der Waals surface area contributed by atoms with E-state index in [9.17, 15) is 17.6 Å². The number of carbonyl (C=O) groups is 1. The molecular formula is C24H25FN2O3S. The van der Waals surface area contributed by atoms with Gasteiger partial charge in [0.2, 0.25) is 10.0 Å². The van der Waals surface area contributed by atoms with Crippen LogP contribution in [0.3, 0.4) is 0 Å². The molecule has 0 bridgehead atoms. The zero-order valence-corrected chi connectivity index (χ0v) is 18.5. The van der Waals surface area contributed by atoms with E-state index in [0.717, 1.165) is 40.5 Å². The molecule has 0 radical (unpaired) electrons. The van der Waals surface area contributed by atoms with E-state index in [1.165, 1.54) is 0 Å². The van der Waals surface area contributed by atoms with Crippen LogP contribution in [0, 0.1) is 19.7 Å². The van der Waals surface area contributed by atoms with E-state index in [1.54, 1.807) is 0 Å². The van der Waals surface area contributed by atoms with Crippen LogP contribution in [-0.2, 0) is 23.0 Å². The predicted octanol–water partition coefficient (Wildman–Crippen LogP) is 4.74. The summed E-state index contributed by atoms with van der Waals surface area (Å²) in [7, 11) is -3.93. The topological polar surface area (TPSA) is 75.3 Å². The Balaban J connectivity index is 1.84. The minimum Gasteiger partial charge on any atom is -0.321 e. The van der Waals surface area contributed by atoms with Crippen LogP contribution in [0.15, 0.2) is 65.6 Å². The van der Waals surface area contributed by atoms with E-state index >= 15 is 0 Å². The van der Waals surface area contributed by atoms with E-state index < -0.39 is 21.7 Å². The lowest BCUT2D eigenvalue weighted by Crippen LogP contribution is -2.24. The minimum atomic E-state index is -3.93. The average Bonchev–Trinajstić information content (AvgIpc) is 2.75. The maximum absolute atomic E-state index is 14.4. The lowest BCUT2D eigenvalue weighted by atomic mass is 10.1. The zero-order chi connectivity index (χ0) is 22.6. The summed E-state index contributed by atoms with van der Waals surface area (Å²) in [6, 6.07) is 16.3. The number of amides is 1. The molecule has 3 aromatic rings. The van der Waals surface area contributed by atoms with Gasteiger partial charge in [-0.2, -0.15) is 0 Å². The zero-order valence-electron chi connectivity index (χ0n) is 17.7. The summed E-state index contributed by atoms with van der Waals surface area (Å²) in [4.78, 5) is 12.6. The van der Waals surface area contributed by atoms with E-state index in [0.29, 0.717) is 12.1 Å². The SMILES string of the molecule is CCc1cccc(C)c1NC(=O)c1cc(S(=O)(=O)NCc2ccc(C)cc2)ccc1F. The van der Waals surface area contributed by atoms with Crippen LogP contribution in [0.2, 0.25) is 0 Å². The van der Waals surface area contributed by atoms with Crippen LogP contribution >= 0.6 is 0 Å². The van der Waals surface area contributed by atoms with Crippen molar-refractivity contribution in [1.82, 2.24) is 4.72 Å². The molecule has 0 aromatic heterocycles. The molecule has 3 rings (SSSR count). The van der Waals surface area contributed by atoms with Gasteiger partial charge >= 0.3 is 0 Å². The van der Waals surface area contributed by atoms with Crippen LogP contribution < -0.4 is 10.0 Å². The summed E-state index contributed by atoms with van der Waals surface area (Å²) in [6.45, 7) is 5.84. The first kappa shape index (κ1) is 22.7. The molecule has 0 aliphatic rings. The molecule has 0 aliphatic carbocycles. The number of nitrogens with one attached hydrogen (secondary N) is 2. The summed E-state index contributed by atoms with van der Waals surface area (Å²) < 4.78 is 42.3. The highest BCUT2D eigenvalue weighted by Crippen LogP contribution is 2.23. The number of rotatable bonds is 7. The maximum atomic E-state index is 14.4. The molecule has 5 nitrogen and oxygen atoms in total. The first-order valence-corrected chi connectivity index (χ1v) is 11.4. The Kier molecular flexibility index (Phi) is 6.87. The fraction of sp³-hybridized carbons (Fsp3) is 0.208. The minimum absolute atomic E-state index is 0.0879. The van der Waals surface area contributed by atoms with Gasteiger partial charge < -0.3 is 5.32 Å². The van der Waals surface area contributed by atoms with Gasteiger partial charge in [-0.25, -0.2) is 17.5 Å². The second kappa shape index (κ2) is 9.41. The van der Waals surface area contributed by atoms with Crippen molar-refractivity contribution in [1.29, 1.82) is 0 Å². The Morgan fingerprint density at radius 3 is 2.39 bits per heavy atom. The number of hydrogen-bond acceptors (Lipinski definition) is 3. The number of halogens is 1. The van der Waals surface area contributed by atoms with Crippen LogP contribution in [0.1, 0.15) is 39.5 Å². The van der Waals surface area contributed by atoms with Crippen molar-refractivity contribution in [3.63, 3.8) is 0 Å². The third kappa shape index (κ3) is 5.37. The Bertz CT molecular complexity index is 1210. The maximum Gasteiger partial charge on any atom is 0.258 e. The van der Waals surface area contributed by atoms with E-state index in [1.807, 2.05) is 63.2 Å². The van der Waals surface area contributed by atoms with E-state index in [4.69, 9.17) is 0 Å². The second-order valence-electron chi connectivity index (χ2n) is 7.37. The third-order valence-corrected chi connectivity index (χ3v) is 6.46. The van der Waals surface area contributed by atoms with Crippen LogP contribution in [0.4, 0.5) is 10.1 Å². The number of carbonyl (C=O) groups excluding carboxylic acids is 1. The Morgan fingerprint density at radius 1 is 1.00 bits per heavy atom. The predicted molar refractivity (Wildman–Crippen MR) is 120 cm³/mol. The fourth-order valence-electron chi connectivity index (χ4n) is 3.20. The van der Waals surface area contributed by atoms with Crippen LogP contribution in [-0.4, -0.2) is 14.3 Å². The highest BCUT2D eigenvalue weighted by atomic mass is 32.2. The van der Waals surface area contributed by atoms with Crippen molar-refractivity contribution in [3.8, 4) is 0 Å². The Labute approximate surface area is 182 Å². The Hall–Kier alpha value is -3.03. The largest absolute Gasteiger partial charge is 0.321 e. The quantitative estimate of drug-likeness (QED) is 0.557. The van der Waals surface area contributed by atoms with Gasteiger partial charge in [0, 0.05) is 12.2 Å². The molecule has 0 saturated heterocycles. The molecule has 162 valence electrons. The number of benzene rings is 3. The molecule has 0 unspecified atom stereocenters. The van der Waals surface area contributed by atoms with Crippen LogP contribution in [0.25, 0.3) is 0 Å². The number of sulfonamides is 1. The van der Waals surface area contributed by atoms with Gasteiger partial charge in [-0.3, -0.25) is 4.79 Å². The monoisotopic (exact) mass is 440 g/mol. The molecule has 0 heterocycles. The molecule has 3 aromatic carbocycles. The van der Waals surface area contributed by atoms with Crippen LogP contribution in [0.5, 0.6) is 0 Å². The lowest BCUT2D eigenvalue weighted by Gasteiger charge is -2.14. The summed E-state index contributed by atoms with van der Waals surface area (Å²) in [5.41, 5.74) is 3.90. The molecule has 0 saturated carbocycles. The highest BCUT2D eigenvalue weighted by Gasteiger charge is 2.20. The van der Waals surface area contributed by atoms with E-state index in [-0.39, 0.29) is 17.0 Å². The second-order valence-corrected chi connectivity index (χ2v) is 9.14. The standard InChI is InChI=1S/C24H25FN2O3S/c1-4-19-7-5-6-17(3)23(19)27-24(28)21-14-20(12-13-22(21)25)31(29,30)26-15-18-10-8-16(2)9-11-18/h5-14,26H,4,15H2,1-3H3,(H,27,28).